The Labute approximate surface area is 111 Å². The number of rotatable bonds is 4. The van der Waals surface area contributed by atoms with Crippen molar-refractivity contribution in [3.8, 4) is 0 Å². The van der Waals surface area contributed by atoms with Crippen LogP contribution in [0.4, 0.5) is 10.2 Å². The molecule has 0 spiro atoms. The summed E-state index contributed by atoms with van der Waals surface area (Å²) in [4.78, 5) is 6.12. The van der Waals surface area contributed by atoms with Crippen LogP contribution in [-0.4, -0.2) is 17.9 Å². The molecule has 0 saturated heterocycles. The minimum Gasteiger partial charge on any atom is -0.384 e. The quantitative estimate of drug-likeness (QED) is 0.652. The first-order chi connectivity index (χ1) is 9.08. The van der Waals surface area contributed by atoms with Gasteiger partial charge in [-0.25, -0.2) is 9.37 Å². The third-order valence-electron chi connectivity index (χ3n) is 2.77. The van der Waals surface area contributed by atoms with Crippen LogP contribution in [0.1, 0.15) is 11.1 Å². The number of halogens is 1. The smallest absolute Gasteiger partial charge is 0.139 e. The van der Waals surface area contributed by atoms with Crippen molar-refractivity contribution in [2.24, 2.45) is 5.73 Å². The third-order valence-corrected chi connectivity index (χ3v) is 2.77. The molecule has 0 radical (unpaired) electrons. The molecule has 2 rings (SSSR count). The summed E-state index contributed by atoms with van der Waals surface area (Å²) in [6.07, 6.45) is 1.66. The number of hydrogen-bond acceptors (Lipinski definition) is 3. The highest BCUT2D eigenvalue weighted by molar-refractivity contribution is 5.99. The van der Waals surface area contributed by atoms with Crippen LogP contribution >= 0.6 is 0 Å². The summed E-state index contributed by atoms with van der Waals surface area (Å²) in [5.41, 5.74) is 7.08. The Bertz CT molecular complexity index is 580. The monoisotopic (exact) mass is 258 g/mol. The zero-order valence-corrected chi connectivity index (χ0v) is 10.6. The maximum absolute atomic E-state index is 12.8. The average molecular weight is 258 g/mol. The first-order valence-corrected chi connectivity index (χ1v) is 5.83. The maximum Gasteiger partial charge on any atom is 0.139 e. The molecule has 0 saturated carbocycles. The van der Waals surface area contributed by atoms with Gasteiger partial charge < -0.3 is 10.6 Å². The minimum atomic E-state index is -0.256. The molecule has 1 heterocycles. The van der Waals surface area contributed by atoms with Gasteiger partial charge in [0.2, 0.25) is 0 Å². The fourth-order valence-corrected chi connectivity index (χ4v) is 1.85. The lowest BCUT2D eigenvalue weighted by Gasteiger charge is -2.20. The Kier molecular flexibility index (Phi) is 3.75. The Morgan fingerprint density at radius 3 is 2.63 bits per heavy atom. The number of aromatic nitrogens is 1. The largest absolute Gasteiger partial charge is 0.384 e. The molecule has 0 bridgehead atoms. The van der Waals surface area contributed by atoms with Crippen LogP contribution in [0.25, 0.3) is 0 Å². The van der Waals surface area contributed by atoms with Crippen molar-refractivity contribution in [2.75, 3.05) is 11.9 Å². The number of anilines is 1. The van der Waals surface area contributed by atoms with Gasteiger partial charge in [-0.15, -0.1) is 0 Å². The van der Waals surface area contributed by atoms with Gasteiger partial charge in [0, 0.05) is 19.8 Å². The van der Waals surface area contributed by atoms with Gasteiger partial charge in [-0.3, -0.25) is 5.41 Å². The predicted octanol–water partition coefficient (Wildman–Crippen LogP) is 2.14. The zero-order valence-electron chi connectivity index (χ0n) is 10.6. The fourth-order valence-electron chi connectivity index (χ4n) is 1.85. The molecule has 0 unspecified atom stereocenters. The lowest BCUT2D eigenvalue weighted by atomic mass is 10.2. The van der Waals surface area contributed by atoms with E-state index in [4.69, 9.17) is 11.1 Å². The first-order valence-electron chi connectivity index (χ1n) is 5.83. The molecule has 0 atom stereocenters. The highest BCUT2D eigenvalue weighted by atomic mass is 19.1. The van der Waals surface area contributed by atoms with Crippen molar-refractivity contribution in [1.82, 2.24) is 4.98 Å². The second-order valence-electron chi connectivity index (χ2n) is 4.27. The molecule has 0 aliphatic heterocycles. The van der Waals surface area contributed by atoms with Crippen molar-refractivity contribution in [3.63, 3.8) is 0 Å². The number of amidine groups is 1. The second-order valence-corrected chi connectivity index (χ2v) is 4.27. The average Bonchev–Trinajstić information content (AvgIpc) is 2.41. The third kappa shape index (κ3) is 3.07. The van der Waals surface area contributed by atoms with Gasteiger partial charge in [-0.05, 0) is 29.8 Å². The zero-order chi connectivity index (χ0) is 13.8. The van der Waals surface area contributed by atoms with E-state index >= 15 is 0 Å². The van der Waals surface area contributed by atoms with Gasteiger partial charge in [0.1, 0.15) is 17.5 Å². The van der Waals surface area contributed by atoms with Gasteiger partial charge in [0.25, 0.3) is 0 Å². The fraction of sp³-hybridized carbons (Fsp3) is 0.143. The summed E-state index contributed by atoms with van der Waals surface area (Å²) in [7, 11) is 1.86. The lowest BCUT2D eigenvalue weighted by Crippen LogP contribution is -2.23. The van der Waals surface area contributed by atoms with E-state index in [0.717, 1.165) is 5.56 Å². The molecule has 1 aromatic carbocycles. The molecule has 4 nitrogen and oxygen atoms in total. The highest BCUT2D eigenvalue weighted by Crippen LogP contribution is 2.17. The molecule has 3 N–H and O–H groups in total. The molecule has 19 heavy (non-hydrogen) atoms. The molecule has 98 valence electrons. The van der Waals surface area contributed by atoms with Crippen LogP contribution in [0.5, 0.6) is 0 Å². The second kappa shape index (κ2) is 5.48. The molecular weight excluding hydrogens is 243 g/mol. The number of benzene rings is 1. The molecule has 5 heteroatoms. The van der Waals surface area contributed by atoms with E-state index in [9.17, 15) is 4.39 Å². The summed E-state index contributed by atoms with van der Waals surface area (Å²) < 4.78 is 12.8. The standard InChI is InChI=1S/C14H15FN4/c1-19(9-10-4-6-11(15)7-5-10)14-12(13(16)17)3-2-8-18-14/h2-8H,9H2,1H3,(H3,16,17). The van der Waals surface area contributed by atoms with Gasteiger partial charge in [0.15, 0.2) is 0 Å². The minimum absolute atomic E-state index is 0.0194. The van der Waals surface area contributed by atoms with E-state index in [-0.39, 0.29) is 11.7 Å². The molecule has 1 aromatic heterocycles. The van der Waals surface area contributed by atoms with E-state index < -0.39 is 0 Å². The van der Waals surface area contributed by atoms with Crippen molar-refractivity contribution in [2.45, 2.75) is 6.54 Å². The Morgan fingerprint density at radius 1 is 1.32 bits per heavy atom. The molecule has 0 fully saturated rings. The van der Waals surface area contributed by atoms with Crippen molar-refractivity contribution in [1.29, 1.82) is 5.41 Å². The highest BCUT2D eigenvalue weighted by Gasteiger charge is 2.11. The Hall–Kier alpha value is -2.43. The summed E-state index contributed by atoms with van der Waals surface area (Å²) in [6.45, 7) is 0.567. The van der Waals surface area contributed by atoms with Gasteiger partial charge in [0.05, 0.1) is 5.56 Å². The number of pyridine rings is 1. The Balaban J connectivity index is 2.22. The van der Waals surface area contributed by atoms with Crippen molar-refractivity contribution >= 4 is 11.7 Å². The SMILES string of the molecule is CN(Cc1ccc(F)cc1)c1ncccc1C(=N)N. The lowest BCUT2D eigenvalue weighted by molar-refractivity contribution is 0.627. The Morgan fingerprint density at radius 2 is 2.00 bits per heavy atom. The van der Waals surface area contributed by atoms with Crippen LogP contribution in [-0.2, 0) is 6.54 Å². The normalized spacial score (nSPS) is 10.2. The maximum atomic E-state index is 12.8. The van der Waals surface area contributed by atoms with Crippen LogP contribution in [0.3, 0.4) is 0 Å². The molecule has 2 aromatic rings. The van der Waals surface area contributed by atoms with Crippen LogP contribution in [0.2, 0.25) is 0 Å². The van der Waals surface area contributed by atoms with Crippen molar-refractivity contribution in [3.05, 3.63) is 59.5 Å². The number of hydrogen-bond donors (Lipinski definition) is 2. The molecular formula is C14H15FN4. The topological polar surface area (TPSA) is 66.0 Å². The van der Waals surface area contributed by atoms with E-state index in [1.165, 1.54) is 12.1 Å². The summed E-state index contributed by atoms with van der Waals surface area (Å²) >= 11 is 0. The molecule has 0 amide bonds. The number of nitrogens with one attached hydrogen (secondary N) is 1. The summed E-state index contributed by atoms with van der Waals surface area (Å²) in [5.74, 6) is 0.363. The van der Waals surface area contributed by atoms with Crippen LogP contribution in [0.15, 0.2) is 42.6 Å². The van der Waals surface area contributed by atoms with E-state index in [1.807, 2.05) is 11.9 Å². The molecule has 0 aliphatic rings. The van der Waals surface area contributed by atoms with Crippen LogP contribution in [0, 0.1) is 11.2 Å². The van der Waals surface area contributed by atoms with E-state index in [2.05, 4.69) is 4.98 Å². The van der Waals surface area contributed by atoms with E-state index in [0.29, 0.717) is 17.9 Å². The van der Waals surface area contributed by atoms with E-state index in [1.54, 1.807) is 30.5 Å². The number of nitrogen functional groups attached to an aromatic ring is 1. The first kappa shape index (κ1) is 13.0. The summed E-state index contributed by atoms with van der Waals surface area (Å²) in [5, 5.41) is 7.54. The predicted molar refractivity (Wildman–Crippen MR) is 73.8 cm³/mol. The number of nitrogens with two attached hydrogens (primary N) is 1. The van der Waals surface area contributed by atoms with Crippen LogP contribution < -0.4 is 10.6 Å². The van der Waals surface area contributed by atoms with Gasteiger partial charge in [-0.2, -0.15) is 0 Å². The van der Waals surface area contributed by atoms with Gasteiger partial charge in [-0.1, -0.05) is 12.1 Å². The molecule has 0 aliphatic carbocycles. The number of nitrogens with zero attached hydrogens (tertiary/aromatic N) is 2. The van der Waals surface area contributed by atoms with Gasteiger partial charge >= 0.3 is 0 Å². The van der Waals surface area contributed by atoms with Crippen molar-refractivity contribution < 1.29 is 4.39 Å². The summed E-state index contributed by atoms with van der Waals surface area (Å²) in [6, 6.07) is 9.79.